The van der Waals surface area contributed by atoms with E-state index in [2.05, 4.69) is 22.4 Å². The molecule has 1 heterocycles. The van der Waals surface area contributed by atoms with Gasteiger partial charge in [0.25, 0.3) is 5.91 Å². The number of halogens is 1. The number of amides is 1. The van der Waals surface area contributed by atoms with E-state index in [1.54, 1.807) is 18.7 Å². The lowest BCUT2D eigenvalue weighted by atomic mass is 10.3. The summed E-state index contributed by atoms with van der Waals surface area (Å²) < 4.78 is 19.1. The molecule has 1 amide bonds. The van der Waals surface area contributed by atoms with E-state index < -0.39 is 6.10 Å². The fourth-order valence-electron chi connectivity index (χ4n) is 1.49. The third kappa shape index (κ3) is 4.96. The van der Waals surface area contributed by atoms with Crippen molar-refractivity contribution in [3.8, 4) is 5.75 Å². The van der Waals surface area contributed by atoms with Crippen LogP contribution in [0.5, 0.6) is 5.75 Å². The highest BCUT2D eigenvalue weighted by atomic mass is 32.2. The van der Waals surface area contributed by atoms with E-state index in [4.69, 9.17) is 4.74 Å². The Balaban J connectivity index is 1.88. The van der Waals surface area contributed by atoms with Gasteiger partial charge in [-0.1, -0.05) is 30.0 Å². The number of hydrogen-bond donors (Lipinski definition) is 1. The van der Waals surface area contributed by atoms with Crippen LogP contribution < -0.4 is 10.1 Å². The Morgan fingerprint density at radius 3 is 2.82 bits per heavy atom. The fourth-order valence-corrected chi connectivity index (χ4v) is 3.17. The molecule has 118 valence electrons. The van der Waals surface area contributed by atoms with Crippen molar-refractivity contribution in [2.75, 3.05) is 11.1 Å². The Bertz CT molecular complexity index is 619. The van der Waals surface area contributed by atoms with Gasteiger partial charge >= 0.3 is 0 Å². The maximum atomic E-state index is 12.8. The lowest BCUT2D eigenvalue weighted by Gasteiger charge is -2.13. The van der Waals surface area contributed by atoms with Crippen LogP contribution in [0.4, 0.5) is 9.52 Å². The summed E-state index contributed by atoms with van der Waals surface area (Å²) in [7, 11) is 0. The largest absolute Gasteiger partial charge is 0.481 e. The van der Waals surface area contributed by atoms with Gasteiger partial charge in [0.05, 0.1) is 0 Å². The average Bonchev–Trinajstić information content (AvgIpc) is 2.95. The summed E-state index contributed by atoms with van der Waals surface area (Å²) in [6.45, 7) is 3.71. The lowest BCUT2D eigenvalue weighted by Crippen LogP contribution is -2.30. The molecule has 0 bridgehead atoms. The number of rotatable bonds is 7. The second-order valence-corrected chi connectivity index (χ2v) is 6.74. The highest BCUT2D eigenvalue weighted by Gasteiger charge is 2.17. The van der Waals surface area contributed by atoms with Gasteiger partial charge in [0.1, 0.15) is 11.6 Å². The van der Waals surface area contributed by atoms with Crippen molar-refractivity contribution in [1.82, 2.24) is 10.2 Å². The maximum absolute atomic E-state index is 12.8. The molecule has 22 heavy (non-hydrogen) atoms. The summed E-state index contributed by atoms with van der Waals surface area (Å²) in [5, 5.41) is 11.0. The number of hydrogen-bond acceptors (Lipinski definition) is 6. The van der Waals surface area contributed by atoms with E-state index in [0.29, 0.717) is 10.9 Å². The topological polar surface area (TPSA) is 64.1 Å². The minimum absolute atomic E-state index is 0.326. The van der Waals surface area contributed by atoms with Gasteiger partial charge in [-0.05, 0) is 37.6 Å². The van der Waals surface area contributed by atoms with E-state index in [1.807, 2.05) is 0 Å². The number of carbonyl (C=O) groups excluding carboxylic acids is 1. The molecule has 1 unspecified atom stereocenters. The van der Waals surface area contributed by atoms with E-state index >= 15 is 0 Å². The quantitative estimate of drug-likeness (QED) is 0.616. The van der Waals surface area contributed by atoms with Gasteiger partial charge in [-0.3, -0.25) is 10.1 Å². The molecule has 1 aromatic carbocycles. The van der Waals surface area contributed by atoms with Crippen LogP contribution in [0.25, 0.3) is 0 Å². The third-order valence-corrected chi connectivity index (χ3v) is 4.74. The zero-order valence-electron chi connectivity index (χ0n) is 12.2. The number of nitrogens with zero attached hydrogens (tertiary/aromatic N) is 2. The van der Waals surface area contributed by atoms with Crippen molar-refractivity contribution in [2.45, 2.75) is 30.7 Å². The van der Waals surface area contributed by atoms with Crippen LogP contribution in [0.2, 0.25) is 0 Å². The first-order chi connectivity index (χ1) is 10.6. The van der Waals surface area contributed by atoms with Gasteiger partial charge < -0.3 is 4.74 Å². The predicted molar refractivity (Wildman–Crippen MR) is 86.0 cm³/mol. The van der Waals surface area contributed by atoms with E-state index in [-0.39, 0.29) is 11.7 Å². The van der Waals surface area contributed by atoms with Crippen LogP contribution in [0.3, 0.4) is 0 Å². The third-order valence-electron chi connectivity index (χ3n) is 2.56. The SMILES string of the molecule is CCCSc1nnc(NC(=O)C(C)Oc2ccc(F)cc2)s1. The van der Waals surface area contributed by atoms with Crippen molar-refractivity contribution in [3.63, 3.8) is 0 Å². The normalized spacial score (nSPS) is 12.0. The van der Waals surface area contributed by atoms with Crippen LogP contribution in [-0.4, -0.2) is 28.0 Å². The van der Waals surface area contributed by atoms with Gasteiger partial charge in [-0.2, -0.15) is 0 Å². The standard InChI is InChI=1S/C14H16FN3O2S2/c1-3-8-21-14-18-17-13(22-14)16-12(19)9(2)20-11-6-4-10(15)5-7-11/h4-7,9H,3,8H2,1-2H3,(H,16,17,19). The highest BCUT2D eigenvalue weighted by molar-refractivity contribution is 8.01. The lowest BCUT2D eigenvalue weighted by molar-refractivity contribution is -0.122. The monoisotopic (exact) mass is 341 g/mol. The number of anilines is 1. The first-order valence-corrected chi connectivity index (χ1v) is 8.58. The number of carbonyl (C=O) groups is 1. The maximum Gasteiger partial charge on any atom is 0.266 e. The summed E-state index contributed by atoms with van der Waals surface area (Å²) in [6.07, 6.45) is 0.329. The van der Waals surface area contributed by atoms with Crippen molar-refractivity contribution in [1.29, 1.82) is 0 Å². The molecule has 5 nitrogen and oxygen atoms in total. The Morgan fingerprint density at radius 2 is 2.14 bits per heavy atom. The molecule has 8 heteroatoms. The molecule has 0 spiro atoms. The number of ether oxygens (including phenoxy) is 1. The summed E-state index contributed by atoms with van der Waals surface area (Å²) in [5.74, 6) is 0.718. The first-order valence-electron chi connectivity index (χ1n) is 6.78. The molecular weight excluding hydrogens is 325 g/mol. The summed E-state index contributed by atoms with van der Waals surface area (Å²) >= 11 is 2.94. The molecule has 1 N–H and O–H groups in total. The van der Waals surface area contributed by atoms with Gasteiger partial charge in [-0.25, -0.2) is 4.39 Å². The molecule has 1 aromatic heterocycles. The minimum Gasteiger partial charge on any atom is -0.481 e. The molecule has 0 aliphatic heterocycles. The fraction of sp³-hybridized carbons (Fsp3) is 0.357. The zero-order valence-corrected chi connectivity index (χ0v) is 13.8. The molecule has 1 atom stereocenters. The van der Waals surface area contributed by atoms with Crippen molar-refractivity contribution in [3.05, 3.63) is 30.1 Å². The molecule has 2 aromatic rings. The number of aromatic nitrogens is 2. The van der Waals surface area contributed by atoms with Crippen molar-refractivity contribution < 1.29 is 13.9 Å². The molecule has 0 saturated carbocycles. The van der Waals surface area contributed by atoms with Gasteiger partial charge in [0, 0.05) is 5.75 Å². The second-order valence-electron chi connectivity index (χ2n) is 4.42. The number of nitrogens with one attached hydrogen (secondary N) is 1. The van der Waals surface area contributed by atoms with Crippen LogP contribution in [0.15, 0.2) is 28.6 Å². The Kier molecular flexibility index (Phi) is 6.14. The molecule has 2 rings (SSSR count). The van der Waals surface area contributed by atoms with Crippen LogP contribution in [-0.2, 0) is 4.79 Å². The van der Waals surface area contributed by atoms with Gasteiger partial charge in [0.15, 0.2) is 10.4 Å². The Morgan fingerprint density at radius 1 is 1.41 bits per heavy atom. The molecule has 0 saturated heterocycles. The Hall–Kier alpha value is -1.67. The smallest absolute Gasteiger partial charge is 0.266 e. The van der Waals surface area contributed by atoms with Gasteiger partial charge in [0.2, 0.25) is 5.13 Å². The summed E-state index contributed by atoms with van der Waals surface area (Å²) in [5.41, 5.74) is 0. The van der Waals surface area contributed by atoms with Crippen molar-refractivity contribution in [2.24, 2.45) is 0 Å². The average molecular weight is 341 g/mol. The van der Waals surface area contributed by atoms with Crippen LogP contribution >= 0.6 is 23.1 Å². The molecular formula is C14H16FN3O2S2. The predicted octanol–water partition coefficient (Wildman–Crippen LogP) is 3.59. The molecule has 0 aliphatic carbocycles. The van der Waals surface area contributed by atoms with E-state index in [9.17, 15) is 9.18 Å². The zero-order chi connectivity index (χ0) is 15.9. The van der Waals surface area contributed by atoms with Crippen molar-refractivity contribution >= 4 is 34.1 Å². The highest BCUT2D eigenvalue weighted by Crippen LogP contribution is 2.26. The Labute approximate surface area is 136 Å². The minimum atomic E-state index is -0.721. The number of thioether (sulfide) groups is 1. The van der Waals surface area contributed by atoms with Crippen LogP contribution in [0.1, 0.15) is 20.3 Å². The van der Waals surface area contributed by atoms with Crippen LogP contribution in [0, 0.1) is 5.82 Å². The number of benzene rings is 1. The second kappa shape index (κ2) is 8.09. The summed E-state index contributed by atoms with van der Waals surface area (Å²) in [4.78, 5) is 12.0. The molecule has 0 radical (unpaired) electrons. The first kappa shape index (κ1) is 16.7. The molecule has 0 fully saturated rings. The van der Waals surface area contributed by atoms with Gasteiger partial charge in [-0.15, -0.1) is 10.2 Å². The molecule has 0 aliphatic rings. The van der Waals surface area contributed by atoms with E-state index in [1.165, 1.54) is 35.6 Å². The summed E-state index contributed by atoms with van der Waals surface area (Å²) in [6, 6.07) is 5.51. The van der Waals surface area contributed by atoms with E-state index in [0.717, 1.165) is 16.5 Å².